The second-order valence-corrected chi connectivity index (χ2v) is 7.05. The van der Waals surface area contributed by atoms with Crippen molar-refractivity contribution in [1.29, 1.82) is 0 Å². The predicted octanol–water partition coefficient (Wildman–Crippen LogP) is 3.32. The van der Waals surface area contributed by atoms with Gasteiger partial charge >= 0.3 is 0 Å². The van der Waals surface area contributed by atoms with Crippen LogP contribution in [0.4, 0.5) is 0 Å². The normalized spacial score (nSPS) is 21.4. The number of ether oxygens (including phenoxy) is 1. The summed E-state index contributed by atoms with van der Waals surface area (Å²) in [4.78, 5) is 26.4. The first-order valence-electron chi connectivity index (χ1n) is 8.54. The van der Waals surface area contributed by atoms with Crippen molar-refractivity contribution in [2.75, 3.05) is 19.7 Å². The summed E-state index contributed by atoms with van der Waals surface area (Å²) in [5.74, 6) is 1.65. The number of rotatable bonds is 3. The largest absolute Gasteiger partial charge is 0.483 e. The standard InChI is InChI=1S/C19H25NO3/c1-12-6-8-20(9-7-12)17(22)11-23-16-5-4-13(2)18-14(3)10-15(21)19(16)18/h4-5,12,14H,6-11H2,1-3H3/t14-/m0/s1. The maximum Gasteiger partial charge on any atom is 0.260 e. The highest BCUT2D eigenvalue weighted by Crippen LogP contribution is 2.40. The highest BCUT2D eigenvalue weighted by atomic mass is 16.5. The number of Topliss-reactive ketones (excluding diaryl/α,β-unsaturated/α-hetero) is 1. The summed E-state index contributed by atoms with van der Waals surface area (Å²) in [6.07, 6.45) is 2.65. The SMILES string of the molecule is Cc1ccc(OCC(=O)N2CCC(C)CC2)c2c1[C@@H](C)CC2=O. The maximum atomic E-state index is 12.3. The number of carbonyl (C=O) groups is 2. The Hall–Kier alpha value is -1.84. The van der Waals surface area contributed by atoms with Crippen LogP contribution >= 0.6 is 0 Å². The highest BCUT2D eigenvalue weighted by molar-refractivity contribution is 6.04. The summed E-state index contributed by atoms with van der Waals surface area (Å²) >= 11 is 0. The number of ketones is 1. The fraction of sp³-hybridized carbons (Fsp3) is 0.579. The van der Waals surface area contributed by atoms with Crippen molar-refractivity contribution in [1.82, 2.24) is 4.90 Å². The number of carbonyl (C=O) groups excluding carboxylic acids is 2. The second kappa shape index (κ2) is 6.34. The molecule has 0 saturated carbocycles. The number of hydrogen-bond acceptors (Lipinski definition) is 3. The van der Waals surface area contributed by atoms with E-state index in [0.717, 1.165) is 37.1 Å². The van der Waals surface area contributed by atoms with Gasteiger partial charge in [0, 0.05) is 19.5 Å². The van der Waals surface area contributed by atoms with Crippen molar-refractivity contribution in [3.8, 4) is 5.75 Å². The monoisotopic (exact) mass is 315 g/mol. The maximum absolute atomic E-state index is 12.3. The number of aryl methyl sites for hydroxylation is 1. The number of fused-ring (bicyclic) bond motifs is 1. The molecule has 3 rings (SSSR count). The Morgan fingerprint density at radius 3 is 2.65 bits per heavy atom. The van der Waals surface area contributed by atoms with E-state index in [9.17, 15) is 9.59 Å². The Balaban J connectivity index is 1.70. The van der Waals surface area contributed by atoms with E-state index < -0.39 is 0 Å². The minimum Gasteiger partial charge on any atom is -0.483 e. The summed E-state index contributed by atoms with van der Waals surface area (Å²) < 4.78 is 5.75. The van der Waals surface area contributed by atoms with Gasteiger partial charge in [-0.25, -0.2) is 0 Å². The number of benzene rings is 1. The molecular weight excluding hydrogens is 290 g/mol. The molecule has 124 valence electrons. The molecule has 1 aliphatic carbocycles. The first-order valence-corrected chi connectivity index (χ1v) is 8.54. The van der Waals surface area contributed by atoms with Crippen LogP contribution < -0.4 is 4.74 Å². The van der Waals surface area contributed by atoms with E-state index in [1.54, 1.807) is 0 Å². The van der Waals surface area contributed by atoms with Crippen molar-refractivity contribution in [2.24, 2.45) is 5.92 Å². The molecule has 2 aliphatic rings. The van der Waals surface area contributed by atoms with Crippen LogP contribution in [0, 0.1) is 12.8 Å². The lowest BCUT2D eigenvalue weighted by Crippen LogP contribution is -2.40. The molecule has 0 radical (unpaired) electrons. The van der Waals surface area contributed by atoms with Crippen LogP contribution in [0.5, 0.6) is 5.75 Å². The molecule has 4 heteroatoms. The molecule has 0 bridgehead atoms. The molecule has 0 spiro atoms. The van der Waals surface area contributed by atoms with E-state index in [-0.39, 0.29) is 24.2 Å². The molecule has 1 amide bonds. The zero-order valence-electron chi connectivity index (χ0n) is 14.2. The smallest absolute Gasteiger partial charge is 0.260 e. The van der Waals surface area contributed by atoms with Crippen molar-refractivity contribution in [2.45, 2.75) is 46.0 Å². The minimum atomic E-state index is 0.0183. The Morgan fingerprint density at radius 1 is 1.26 bits per heavy atom. The third-order valence-corrected chi connectivity index (χ3v) is 5.18. The van der Waals surface area contributed by atoms with Crippen molar-refractivity contribution in [3.63, 3.8) is 0 Å². The third-order valence-electron chi connectivity index (χ3n) is 5.18. The molecule has 1 fully saturated rings. The fourth-order valence-corrected chi connectivity index (χ4v) is 3.72. The number of amides is 1. The number of hydrogen-bond donors (Lipinski definition) is 0. The Labute approximate surface area is 137 Å². The first-order chi connectivity index (χ1) is 11.0. The molecule has 1 aromatic rings. The molecule has 1 heterocycles. The van der Waals surface area contributed by atoms with Crippen LogP contribution in [0.1, 0.15) is 60.5 Å². The lowest BCUT2D eigenvalue weighted by molar-refractivity contribution is -0.134. The van der Waals surface area contributed by atoms with Gasteiger partial charge in [0.1, 0.15) is 5.75 Å². The topological polar surface area (TPSA) is 46.6 Å². The van der Waals surface area contributed by atoms with E-state index in [1.807, 2.05) is 24.0 Å². The predicted molar refractivity (Wildman–Crippen MR) is 89.0 cm³/mol. The molecule has 1 saturated heterocycles. The first kappa shape index (κ1) is 16.0. The highest BCUT2D eigenvalue weighted by Gasteiger charge is 2.31. The van der Waals surface area contributed by atoms with Gasteiger partial charge in [-0.05, 0) is 48.8 Å². The van der Waals surface area contributed by atoms with Crippen molar-refractivity contribution in [3.05, 3.63) is 28.8 Å². The Kier molecular flexibility index (Phi) is 4.42. The molecule has 1 atom stereocenters. The Bertz CT molecular complexity index is 630. The number of nitrogens with zero attached hydrogens (tertiary/aromatic N) is 1. The molecule has 0 aromatic heterocycles. The molecule has 1 aromatic carbocycles. The lowest BCUT2D eigenvalue weighted by Gasteiger charge is -2.30. The van der Waals surface area contributed by atoms with Gasteiger partial charge < -0.3 is 9.64 Å². The lowest BCUT2D eigenvalue weighted by atomic mass is 9.97. The van der Waals surface area contributed by atoms with Crippen LogP contribution in [0.25, 0.3) is 0 Å². The van der Waals surface area contributed by atoms with E-state index in [1.165, 1.54) is 0 Å². The van der Waals surface area contributed by atoms with Crippen molar-refractivity contribution >= 4 is 11.7 Å². The number of piperidine rings is 1. The van der Waals surface area contributed by atoms with Crippen LogP contribution in [0.3, 0.4) is 0 Å². The van der Waals surface area contributed by atoms with Crippen LogP contribution in [-0.4, -0.2) is 36.3 Å². The van der Waals surface area contributed by atoms with Gasteiger partial charge in [0.25, 0.3) is 5.91 Å². The zero-order chi connectivity index (χ0) is 16.6. The van der Waals surface area contributed by atoms with E-state index in [2.05, 4.69) is 13.8 Å². The van der Waals surface area contributed by atoms with Crippen LogP contribution in [0.15, 0.2) is 12.1 Å². The molecule has 0 unspecified atom stereocenters. The quantitative estimate of drug-likeness (QED) is 0.859. The van der Waals surface area contributed by atoms with E-state index >= 15 is 0 Å². The van der Waals surface area contributed by atoms with Gasteiger partial charge in [-0.1, -0.05) is 19.9 Å². The summed E-state index contributed by atoms with van der Waals surface area (Å²) in [7, 11) is 0. The second-order valence-electron chi connectivity index (χ2n) is 7.05. The summed E-state index contributed by atoms with van der Waals surface area (Å²) in [6, 6.07) is 3.81. The fourth-order valence-electron chi connectivity index (χ4n) is 3.72. The van der Waals surface area contributed by atoms with Gasteiger partial charge in [-0.3, -0.25) is 9.59 Å². The van der Waals surface area contributed by atoms with Gasteiger partial charge in [-0.2, -0.15) is 0 Å². The minimum absolute atomic E-state index is 0.0183. The van der Waals surface area contributed by atoms with Gasteiger partial charge in [0.2, 0.25) is 0 Å². The summed E-state index contributed by atoms with van der Waals surface area (Å²) in [5, 5.41) is 0. The molecular formula is C19H25NO3. The van der Waals surface area contributed by atoms with E-state index in [4.69, 9.17) is 4.74 Å². The molecule has 1 aliphatic heterocycles. The van der Waals surface area contributed by atoms with Crippen LogP contribution in [-0.2, 0) is 4.79 Å². The van der Waals surface area contributed by atoms with Gasteiger partial charge in [0.05, 0.1) is 5.56 Å². The van der Waals surface area contributed by atoms with Crippen LogP contribution in [0.2, 0.25) is 0 Å². The third kappa shape index (κ3) is 3.12. The molecule has 4 nitrogen and oxygen atoms in total. The zero-order valence-corrected chi connectivity index (χ0v) is 14.2. The summed E-state index contributed by atoms with van der Waals surface area (Å²) in [5.41, 5.74) is 2.91. The Morgan fingerprint density at radius 2 is 1.96 bits per heavy atom. The van der Waals surface area contributed by atoms with Crippen molar-refractivity contribution < 1.29 is 14.3 Å². The molecule has 0 N–H and O–H groups in total. The number of likely N-dealkylation sites (tertiary alicyclic amines) is 1. The molecule has 23 heavy (non-hydrogen) atoms. The average Bonchev–Trinajstić information content (AvgIpc) is 2.83. The summed E-state index contributed by atoms with van der Waals surface area (Å²) in [6.45, 7) is 7.96. The van der Waals surface area contributed by atoms with E-state index in [0.29, 0.717) is 23.7 Å². The van der Waals surface area contributed by atoms with Gasteiger partial charge in [-0.15, -0.1) is 0 Å². The van der Waals surface area contributed by atoms with Gasteiger partial charge in [0.15, 0.2) is 12.4 Å². The average molecular weight is 315 g/mol.